The Balaban J connectivity index is 2.28. The molecule has 4 heteroatoms. The molecule has 3 N–H and O–H groups in total. The summed E-state index contributed by atoms with van der Waals surface area (Å²) in [5.41, 5.74) is 6.35. The maximum absolute atomic E-state index is 7.19. The highest BCUT2D eigenvalue weighted by molar-refractivity contribution is 5.79. The predicted octanol–water partition coefficient (Wildman–Crippen LogP) is 1.97. The number of nitrogens with two attached hydrogens (primary N) is 1. The summed E-state index contributed by atoms with van der Waals surface area (Å²) in [6, 6.07) is 7.61. The van der Waals surface area contributed by atoms with Gasteiger partial charge in [0.05, 0.1) is 12.4 Å². The summed E-state index contributed by atoms with van der Waals surface area (Å²) in [4.78, 5) is 0. The maximum Gasteiger partial charge on any atom is 0.119 e. The zero-order valence-electron chi connectivity index (χ0n) is 10.2. The molecule has 1 aromatic carbocycles. The van der Waals surface area contributed by atoms with Gasteiger partial charge in [-0.1, -0.05) is 19.1 Å². The van der Waals surface area contributed by atoms with Crippen molar-refractivity contribution >= 4 is 5.84 Å². The average molecular weight is 236 g/mol. The predicted molar refractivity (Wildman–Crippen MR) is 68.7 cm³/mol. The molecular formula is C13H20N2O2. The molecule has 0 aromatic heterocycles. The average Bonchev–Trinajstić information content (AvgIpc) is 2.30. The Morgan fingerprint density at radius 1 is 1.18 bits per heavy atom. The molecule has 0 amide bonds. The van der Waals surface area contributed by atoms with Crippen LogP contribution in [0.15, 0.2) is 24.3 Å². The van der Waals surface area contributed by atoms with Crippen LogP contribution in [0.5, 0.6) is 5.75 Å². The Bertz CT molecular complexity index is 336. The van der Waals surface area contributed by atoms with Crippen molar-refractivity contribution in [3.05, 3.63) is 29.8 Å². The molecule has 0 bridgehead atoms. The van der Waals surface area contributed by atoms with Gasteiger partial charge in [-0.25, -0.2) is 0 Å². The van der Waals surface area contributed by atoms with E-state index in [4.69, 9.17) is 20.6 Å². The Kier molecular flexibility index (Phi) is 6.10. The molecule has 0 fully saturated rings. The normalized spacial score (nSPS) is 10.2. The summed E-state index contributed by atoms with van der Waals surface area (Å²) in [5.74, 6) is 0.990. The summed E-state index contributed by atoms with van der Waals surface area (Å²) in [6.45, 7) is 4.03. The van der Waals surface area contributed by atoms with Gasteiger partial charge in [-0.05, 0) is 24.1 Å². The largest absolute Gasteiger partial charge is 0.491 e. The number of hydrogen-bond acceptors (Lipinski definition) is 3. The minimum atomic E-state index is 0.173. The summed E-state index contributed by atoms with van der Waals surface area (Å²) >= 11 is 0. The molecule has 0 radical (unpaired) electrons. The monoisotopic (exact) mass is 236 g/mol. The lowest BCUT2D eigenvalue weighted by Gasteiger charge is -2.07. The summed E-state index contributed by atoms with van der Waals surface area (Å²) < 4.78 is 10.8. The van der Waals surface area contributed by atoms with Gasteiger partial charge in [0.2, 0.25) is 0 Å². The minimum Gasteiger partial charge on any atom is -0.491 e. The minimum absolute atomic E-state index is 0.173. The van der Waals surface area contributed by atoms with Crippen LogP contribution in [0.2, 0.25) is 0 Å². The SMILES string of the molecule is CCCOCCOc1ccc(CC(=N)N)cc1. The third-order valence-corrected chi connectivity index (χ3v) is 2.16. The molecule has 0 heterocycles. The van der Waals surface area contributed by atoms with Crippen LogP contribution in [0, 0.1) is 5.41 Å². The smallest absolute Gasteiger partial charge is 0.119 e. The molecule has 94 valence electrons. The number of benzene rings is 1. The van der Waals surface area contributed by atoms with Gasteiger partial charge >= 0.3 is 0 Å². The number of hydrogen-bond donors (Lipinski definition) is 2. The molecule has 0 saturated carbocycles. The highest BCUT2D eigenvalue weighted by atomic mass is 16.5. The maximum atomic E-state index is 7.19. The van der Waals surface area contributed by atoms with Crippen molar-refractivity contribution in [2.75, 3.05) is 19.8 Å². The Morgan fingerprint density at radius 3 is 2.47 bits per heavy atom. The molecule has 0 saturated heterocycles. The van der Waals surface area contributed by atoms with Crippen LogP contribution in [-0.4, -0.2) is 25.7 Å². The van der Waals surface area contributed by atoms with Crippen molar-refractivity contribution < 1.29 is 9.47 Å². The van der Waals surface area contributed by atoms with Gasteiger partial charge in [0.15, 0.2) is 0 Å². The standard InChI is InChI=1S/C13H20N2O2/c1-2-7-16-8-9-17-12-5-3-11(4-6-12)10-13(14)15/h3-6H,2,7-10H2,1H3,(H3,14,15). The van der Waals surface area contributed by atoms with Crippen LogP contribution in [0.3, 0.4) is 0 Å². The van der Waals surface area contributed by atoms with E-state index < -0.39 is 0 Å². The van der Waals surface area contributed by atoms with E-state index in [0.717, 1.165) is 24.3 Å². The first-order valence-corrected chi connectivity index (χ1v) is 5.84. The van der Waals surface area contributed by atoms with Crippen molar-refractivity contribution in [3.8, 4) is 5.75 Å². The van der Waals surface area contributed by atoms with Crippen LogP contribution in [-0.2, 0) is 11.2 Å². The first-order valence-electron chi connectivity index (χ1n) is 5.84. The molecule has 17 heavy (non-hydrogen) atoms. The molecule has 0 spiro atoms. The van der Waals surface area contributed by atoms with E-state index >= 15 is 0 Å². The van der Waals surface area contributed by atoms with Crippen molar-refractivity contribution in [1.29, 1.82) is 5.41 Å². The molecule has 0 aliphatic carbocycles. The molecule has 1 aromatic rings. The second kappa shape index (κ2) is 7.68. The quantitative estimate of drug-likeness (QED) is 0.412. The van der Waals surface area contributed by atoms with E-state index in [2.05, 4.69) is 6.92 Å². The van der Waals surface area contributed by atoms with E-state index in [0.29, 0.717) is 19.6 Å². The van der Waals surface area contributed by atoms with Gasteiger partial charge in [-0.3, -0.25) is 5.41 Å². The molecule has 4 nitrogen and oxygen atoms in total. The first-order chi connectivity index (χ1) is 8.22. The lowest BCUT2D eigenvalue weighted by Crippen LogP contribution is -2.12. The Hall–Kier alpha value is -1.55. The zero-order chi connectivity index (χ0) is 12.5. The third kappa shape index (κ3) is 5.92. The summed E-state index contributed by atoms with van der Waals surface area (Å²) in [5, 5.41) is 7.19. The summed E-state index contributed by atoms with van der Waals surface area (Å²) in [7, 11) is 0. The lowest BCUT2D eigenvalue weighted by atomic mass is 10.1. The molecule has 1 rings (SSSR count). The highest BCUT2D eigenvalue weighted by Gasteiger charge is 1.97. The fourth-order valence-corrected chi connectivity index (χ4v) is 1.39. The van der Waals surface area contributed by atoms with Gasteiger partial charge in [0.25, 0.3) is 0 Å². The van der Waals surface area contributed by atoms with E-state index in [1.807, 2.05) is 24.3 Å². The topological polar surface area (TPSA) is 68.3 Å². The van der Waals surface area contributed by atoms with Crippen LogP contribution in [0.4, 0.5) is 0 Å². The lowest BCUT2D eigenvalue weighted by molar-refractivity contribution is 0.101. The van der Waals surface area contributed by atoms with Crippen LogP contribution < -0.4 is 10.5 Å². The second-order valence-electron chi connectivity index (χ2n) is 3.81. The van der Waals surface area contributed by atoms with E-state index in [1.165, 1.54) is 0 Å². The van der Waals surface area contributed by atoms with Crippen LogP contribution in [0.1, 0.15) is 18.9 Å². The fourth-order valence-electron chi connectivity index (χ4n) is 1.39. The van der Waals surface area contributed by atoms with Gasteiger partial charge in [0.1, 0.15) is 12.4 Å². The second-order valence-corrected chi connectivity index (χ2v) is 3.81. The fraction of sp³-hybridized carbons (Fsp3) is 0.462. The Labute approximate surface area is 102 Å². The van der Waals surface area contributed by atoms with Gasteiger partial charge < -0.3 is 15.2 Å². The van der Waals surface area contributed by atoms with Crippen LogP contribution >= 0.6 is 0 Å². The van der Waals surface area contributed by atoms with Crippen molar-refractivity contribution in [2.45, 2.75) is 19.8 Å². The van der Waals surface area contributed by atoms with E-state index in [9.17, 15) is 0 Å². The van der Waals surface area contributed by atoms with E-state index in [-0.39, 0.29) is 5.84 Å². The Morgan fingerprint density at radius 2 is 1.88 bits per heavy atom. The number of amidine groups is 1. The van der Waals surface area contributed by atoms with Crippen molar-refractivity contribution in [3.63, 3.8) is 0 Å². The van der Waals surface area contributed by atoms with Crippen molar-refractivity contribution in [1.82, 2.24) is 0 Å². The number of rotatable bonds is 8. The number of nitrogens with one attached hydrogen (secondary N) is 1. The molecule has 0 aliphatic rings. The van der Waals surface area contributed by atoms with Crippen molar-refractivity contribution in [2.24, 2.45) is 5.73 Å². The van der Waals surface area contributed by atoms with E-state index in [1.54, 1.807) is 0 Å². The van der Waals surface area contributed by atoms with Gasteiger partial charge in [-0.15, -0.1) is 0 Å². The van der Waals surface area contributed by atoms with Gasteiger partial charge in [-0.2, -0.15) is 0 Å². The first kappa shape index (κ1) is 13.5. The molecular weight excluding hydrogens is 216 g/mol. The molecule has 0 atom stereocenters. The number of ether oxygens (including phenoxy) is 2. The van der Waals surface area contributed by atoms with Crippen LogP contribution in [0.25, 0.3) is 0 Å². The zero-order valence-corrected chi connectivity index (χ0v) is 10.2. The highest BCUT2D eigenvalue weighted by Crippen LogP contribution is 2.12. The summed E-state index contributed by atoms with van der Waals surface area (Å²) in [6.07, 6.45) is 1.51. The molecule has 0 unspecified atom stereocenters. The van der Waals surface area contributed by atoms with Gasteiger partial charge in [0, 0.05) is 13.0 Å². The third-order valence-electron chi connectivity index (χ3n) is 2.16. The molecule has 0 aliphatic heterocycles.